The molecule has 0 aliphatic carbocycles. The van der Waals surface area contributed by atoms with Crippen LogP contribution < -0.4 is 0 Å². The van der Waals surface area contributed by atoms with Crippen molar-refractivity contribution in [3.63, 3.8) is 0 Å². The standard InChI is InChI=1S/C10H15O4.2ClH.Sn/c11-7-9-8(14-9)5-3-1-2-4-6-10(12)13;;;/h1,3,8-9H,2,4-7H2,(H,12,13);2*1H;/q-1;;;+4/p-2/b3-1-;;;/t8-,9-;;;/m0.../s1. The van der Waals surface area contributed by atoms with Crippen LogP contribution in [0.25, 0.3) is 0 Å². The van der Waals surface area contributed by atoms with Crippen molar-refractivity contribution < 1.29 is 17.7 Å². The number of hydrogen-bond acceptors (Lipinski definition) is 3. The van der Waals surface area contributed by atoms with Crippen molar-refractivity contribution in [2.75, 3.05) is 6.61 Å². The Hall–Kier alpha value is 0.509. The molecule has 1 N–H and O–H groups in total. The van der Waals surface area contributed by atoms with Crippen molar-refractivity contribution >= 4 is 41.7 Å². The Morgan fingerprint density at radius 3 is 2.82 bits per heavy atom. The van der Waals surface area contributed by atoms with E-state index >= 15 is 0 Å². The molecule has 0 unspecified atom stereocenters. The molecule has 0 amide bonds. The van der Waals surface area contributed by atoms with Crippen LogP contribution in [-0.4, -0.2) is 47.8 Å². The van der Waals surface area contributed by atoms with Crippen LogP contribution in [0.4, 0.5) is 0 Å². The van der Waals surface area contributed by atoms with Crippen LogP contribution in [0, 0.1) is 0 Å². The van der Waals surface area contributed by atoms with Crippen LogP contribution >= 0.6 is 17.8 Å². The third kappa shape index (κ3) is 8.26. The SMILES string of the molecule is O=C(O)CCC/C=C\C[C@@H]1O[C@H]1C[O][Sn+]([Cl])[Cl]. The van der Waals surface area contributed by atoms with E-state index < -0.39 is 23.9 Å². The monoisotopic (exact) mass is 389 g/mol. The summed E-state index contributed by atoms with van der Waals surface area (Å²) < 4.78 is 10.5. The van der Waals surface area contributed by atoms with Crippen LogP contribution in [0.2, 0.25) is 0 Å². The molecule has 0 spiro atoms. The van der Waals surface area contributed by atoms with Gasteiger partial charge < -0.3 is 0 Å². The average Bonchev–Trinajstić information content (AvgIpc) is 2.98. The van der Waals surface area contributed by atoms with E-state index in [0.717, 1.165) is 12.8 Å². The van der Waals surface area contributed by atoms with E-state index in [0.29, 0.717) is 13.0 Å². The first kappa shape index (κ1) is 15.6. The molecule has 0 saturated carbocycles. The van der Waals surface area contributed by atoms with Crippen LogP contribution in [0.15, 0.2) is 12.2 Å². The number of ether oxygens (including phenoxy) is 1. The molecule has 1 fully saturated rings. The number of aliphatic carboxylic acids is 1. The van der Waals surface area contributed by atoms with E-state index in [1.807, 2.05) is 12.2 Å². The zero-order chi connectivity index (χ0) is 12.7. The van der Waals surface area contributed by atoms with Crippen molar-refractivity contribution in [2.24, 2.45) is 0 Å². The first-order chi connectivity index (χ1) is 8.09. The molecule has 4 nitrogen and oxygen atoms in total. The van der Waals surface area contributed by atoms with Gasteiger partial charge in [0.2, 0.25) is 0 Å². The fraction of sp³-hybridized carbons (Fsp3) is 0.700. The Bertz CT molecular complexity index is 273. The zero-order valence-corrected chi connectivity index (χ0v) is 13.6. The molecular formula is C10H15Cl2O4Sn+. The van der Waals surface area contributed by atoms with E-state index in [2.05, 4.69) is 0 Å². The second kappa shape index (κ2) is 8.58. The van der Waals surface area contributed by atoms with E-state index in [4.69, 9.17) is 30.8 Å². The van der Waals surface area contributed by atoms with Gasteiger partial charge in [0.15, 0.2) is 0 Å². The molecule has 1 aliphatic heterocycles. The summed E-state index contributed by atoms with van der Waals surface area (Å²) in [6.45, 7) is 0.499. The van der Waals surface area contributed by atoms with Gasteiger partial charge in [-0.05, 0) is 0 Å². The molecule has 1 heterocycles. The number of halogens is 2. The maximum absolute atomic E-state index is 10.2. The molecular weight excluding hydrogens is 374 g/mol. The average molecular weight is 389 g/mol. The predicted molar refractivity (Wildman–Crippen MR) is 67.3 cm³/mol. The summed E-state index contributed by atoms with van der Waals surface area (Å²) in [7, 11) is 11.2. The molecule has 0 aromatic carbocycles. The summed E-state index contributed by atoms with van der Waals surface area (Å²) in [5.74, 6) is -0.747. The molecule has 7 heteroatoms. The Kier molecular flexibility index (Phi) is 7.86. The summed E-state index contributed by atoms with van der Waals surface area (Å²) in [4.78, 5) is 10.2. The molecule has 0 radical (unpaired) electrons. The van der Waals surface area contributed by atoms with Gasteiger partial charge in [-0.3, -0.25) is 0 Å². The topological polar surface area (TPSA) is 59.1 Å². The van der Waals surface area contributed by atoms with Gasteiger partial charge in [0, 0.05) is 0 Å². The molecule has 0 aromatic heterocycles. The molecule has 1 saturated heterocycles. The number of rotatable bonds is 9. The molecule has 0 bridgehead atoms. The first-order valence-corrected chi connectivity index (χ1v) is 13.8. The van der Waals surface area contributed by atoms with E-state index in [9.17, 15) is 4.79 Å². The number of hydrogen-bond donors (Lipinski definition) is 1. The summed E-state index contributed by atoms with van der Waals surface area (Å²) in [6.07, 6.45) is 6.89. The van der Waals surface area contributed by atoms with Crippen LogP contribution in [0.1, 0.15) is 25.7 Å². The summed E-state index contributed by atoms with van der Waals surface area (Å²) in [5, 5.41) is 8.43. The molecule has 17 heavy (non-hydrogen) atoms. The van der Waals surface area contributed by atoms with Crippen LogP contribution in [0.5, 0.6) is 0 Å². The number of epoxide rings is 1. The fourth-order valence-electron chi connectivity index (χ4n) is 1.40. The minimum absolute atomic E-state index is 0.131. The van der Waals surface area contributed by atoms with Crippen molar-refractivity contribution in [3.8, 4) is 0 Å². The molecule has 1 aliphatic rings. The van der Waals surface area contributed by atoms with Crippen molar-refractivity contribution in [3.05, 3.63) is 12.2 Å². The van der Waals surface area contributed by atoms with Gasteiger partial charge >= 0.3 is 116 Å². The van der Waals surface area contributed by atoms with Gasteiger partial charge in [0.1, 0.15) is 0 Å². The van der Waals surface area contributed by atoms with E-state index in [1.165, 1.54) is 0 Å². The Morgan fingerprint density at radius 1 is 1.41 bits per heavy atom. The number of allylic oxidation sites excluding steroid dienone is 1. The predicted octanol–water partition coefficient (Wildman–Crippen LogP) is 2.43. The van der Waals surface area contributed by atoms with Gasteiger partial charge in [0.05, 0.1) is 0 Å². The maximum atomic E-state index is 10.2. The van der Waals surface area contributed by atoms with Crippen LogP contribution in [0.3, 0.4) is 0 Å². The first-order valence-electron chi connectivity index (χ1n) is 5.42. The van der Waals surface area contributed by atoms with Crippen molar-refractivity contribution in [1.29, 1.82) is 0 Å². The molecule has 96 valence electrons. The van der Waals surface area contributed by atoms with Crippen LogP contribution in [-0.2, 0) is 12.6 Å². The minimum atomic E-state index is -2.46. The Morgan fingerprint density at radius 2 is 2.18 bits per heavy atom. The van der Waals surface area contributed by atoms with Crippen molar-refractivity contribution in [1.82, 2.24) is 0 Å². The second-order valence-corrected chi connectivity index (χ2v) is 11.8. The van der Waals surface area contributed by atoms with Gasteiger partial charge in [0.25, 0.3) is 0 Å². The fourth-order valence-corrected chi connectivity index (χ4v) is 3.07. The summed E-state index contributed by atoms with van der Waals surface area (Å²) in [5.41, 5.74) is 0. The Balaban J connectivity index is 1.94. The van der Waals surface area contributed by atoms with Gasteiger partial charge in [-0.15, -0.1) is 0 Å². The normalized spacial score (nSPS) is 22.9. The molecule has 1 rings (SSSR count). The summed E-state index contributed by atoms with van der Waals surface area (Å²) >= 11 is -2.46. The summed E-state index contributed by atoms with van der Waals surface area (Å²) in [6, 6.07) is 0. The number of carbonyl (C=O) groups is 1. The Labute approximate surface area is 116 Å². The zero-order valence-electron chi connectivity index (χ0n) is 9.27. The number of unbranched alkanes of at least 4 members (excludes halogenated alkanes) is 1. The van der Waals surface area contributed by atoms with Gasteiger partial charge in [-0.2, -0.15) is 0 Å². The van der Waals surface area contributed by atoms with Gasteiger partial charge in [-0.25, -0.2) is 0 Å². The van der Waals surface area contributed by atoms with Gasteiger partial charge in [-0.1, -0.05) is 0 Å². The van der Waals surface area contributed by atoms with Crippen molar-refractivity contribution in [2.45, 2.75) is 37.9 Å². The van der Waals surface area contributed by atoms with E-state index in [-0.39, 0.29) is 18.6 Å². The number of carboxylic acid groups (broad SMARTS) is 1. The molecule has 2 atom stereocenters. The molecule has 0 aromatic rings. The quantitative estimate of drug-likeness (QED) is 0.285. The second-order valence-electron chi connectivity index (χ2n) is 3.74. The third-order valence-corrected chi connectivity index (χ3v) is 4.90. The van der Waals surface area contributed by atoms with E-state index in [1.54, 1.807) is 0 Å². The number of carboxylic acids is 1. The third-order valence-electron chi connectivity index (χ3n) is 2.34.